The van der Waals surface area contributed by atoms with Gasteiger partial charge in [0.05, 0.1) is 12.5 Å². The summed E-state index contributed by atoms with van der Waals surface area (Å²) in [5.74, 6) is -0.480. The van der Waals surface area contributed by atoms with Gasteiger partial charge in [-0.3, -0.25) is 0 Å². The van der Waals surface area contributed by atoms with Gasteiger partial charge in [-0.25, -0.2) is 9.37 Å². The van der Waals surface area contributed by atoms with Crippen molar-refractivity contribution >= 4 is 11.6 Å². The molecule has 0 unspecified atom stereocenters. The van der Waals surface area contributed by atoms with Crippen molar-refractivity contribution in [3.63, 3.8) is 0 Å². The number of aromatic nitrogens is 1. The quantitative estimate of drug-likeness (QED) is 0.604. The van der Waals surface area contributed by atoms with E-state index in [2.05, 4.69) is 4.98 Å². The molecule has 4 heteroatoms. The molecule has 0 radical (unpaired) electrons. The molecule has 0 saturated heterocycles. The van der Waals surface area contributed by atoms with Crippen LogP contribution < -0.4 is 0 Å². The van der Waals surface area contributed by atoms with E-state index in [-0.39, 0.29) is 17.1 Å². The molecule has 0 atom stereocenters. The molecule has 1 heterocycles. The lowest BCUT2D eigenvalue weighted by Gasteiger charge is -1.95. The highest BCUT2D eigenvalue weighted by Gasteiger charge is 2.01. The summed E-state index contributed by atoms with van der Waals surface area (Å²) in [5.41, 5.74) is 0.275. The maximum Gasteiger partial charge on any atom is 0.132 e. The van der Waals surface area contributed by atoms with Crippen molar-refractivity contribution in [1.82, 2.24) is 4.98 Å². The summed E-state index contributed by atoms with van der Waals surface area (Å²) in [7, 11) is 0. The minimum atomic E-state index is -0.480. The Kier molecular flexibility index (Phi) is 2.40. The highest BCUT2D eigenvalue weighted by molar-refractivity contribution is 6.29. The lowest BCUT2D eigenvalue weighted by atomic mass is 10.2. The number of hydrogen-bond donors (Lipinski definition) is 0. The minimum Gasteiger partial charge on any atom is -0.244 e. The topological polar surface area (TPSA) is 36.7 Å². The second kappa shape index (κ2) is 3.31. The van der Waals surface area contributed by atoms with E-state index in [9.17, 15) is 4.39 Å². The van der Waals surface area contributed by atoms with Crippen LogP contribution in [0.5, 0.6) is 0 Å². The first-order chi connectivity index (χ1) is 5.24. The van der Waals surface area contributed by atoms with Crippen molar-refractivity contribution < 1.29 is 4.39 Å². The molecule has 56 valence electrons. The summed E-state index contributed by atoms with van der Waals surface area (Å²) in [6.07, 6.45) is 1.29. The first kappa shape index (κ1) is 7.96. The monoisotopic (exact) mass is 170 g/mol. The molecule has 0 aromatic carbocycles. The van der Waals surface area contributed by atoms with E-state index in [0.29, 0.717) is 0 Å². The van der Waals surface area contributed by atoms with Crippen molar-refractivity contribution in [3.05, 3.63) is 28.8 Å². The fraction of sp³-hybridized carbons (Fsp3) is 0.143. The molecular weight excluding hydrogens is 167 g/mol. The molecule has 0 aliphatic carbocycles. The standard InChI is InChI=1S/C7H4ClFN2/c8-7-3-6(9)5(1-2-10)4-11-7/h3-4H,1H2. The van der Waals surface area contributed by atoms with Crippen LogP contribution in [0.15, 0.2) is 12.3 Å². The summed E-state index contributed by atoms with van der Waals surface area (Å²) in [6, 6.07) is 2.91. The lowest BCUT2D eigenvalue weighted by molar-refractivity contribution is 0.612. The van der Waals surface area contributed by atoms with Crippen LogP contribution in [-0.2, 0) is 6.42 Å². The Hall–Kier alpha value is -1.14. The second-order valence-electron chi connectivity index (χ2n) is 1.93. The maximum absolute atomic E-state index is 12.8. The predicted octanol–water partition coefficient (Wildman–Crippen LogP) is 1.94. The summed E-state index contributed by atoms with van der Waals surface area (Å²) in [4.78, 5) is 3.63. The number of nitriles is 1. The molecule has 0 aliphatic rings. The Morgan fingerprint density at radius 2 is 2.45 bits per heavy atom. The minimum absolute atomic E-state index is 0.0238. The van der Waals surface area contributed by atoms with Crippen molar-refractivity contribution in [1.29, 1.82) is 5.26 Å². The first-order valence-electron chi connectivity index (χ1n) is 2.91. The maximum atomic E-state index is 12.8. The zero-order valence-corrected chi connectivity index (χ0v) is 6.27. The molecular formula is C7H4ClFN2. The van der Waals surface area contributed by atoms with Gasteiger partial charge in [-0.15, -0.1) is 0 Å². The van der Waals surface area contributed by atoms with E-state index in [1.165, 1.54) is 6.20 Å². The highest BCUT2D eigenvalue weighted by Crippen LogP contribution is 2.10. The van der Waals surface area contributed by atoms with Gasteiger partial charge in [-0.05, 0) is 0 Å². The van der Waals surface area contributed by atoms with Gasteiger partial charge in [0, 0.05) is 17.8 Å². The average molecular weight is 171 g/mol. The fourth-order valence-electron chi connectivity index (χ4n) is 0.651. The van der Waals surface area contributed by atoms with Crippen LogP contribution in [-0.4, -0.2) is 4.98 Å². The number of nitrogens with zero attached hydrogens (tertiary/aromatic N) is 2. The van der Waals surface area contributed by atoms with E-state index >= 15 is 0 Å². The smallest absolute Gasteiger partial charge is 0.132 e. The summed E-state index contributed by atoms with van der Waals surface area (Å²) >= 11 is 5.38. The molecule has 0 N–H and O–H groups in total. The Bertz CT molecular complexity index is 306. The number of hydrogen-bond acceptors (Lipinski definition) is 2. The molecule has 0 fully saturated rings. The summed E-state index contributed by atoms with van der Waals surface area (Å²) in [6.45, 7) is 0. The van der Waals surface area contributed by atoms with Crippen molar-refractivity contribution in [2.45, 2.75) is 6.42 Å². The van der Waals surface area contributed by atoms with Gasteiger partial charge in [-0.2, -0.15) is 5.26 Å². The van der Waals surface area contributed by atoms with E-state index in [0.717, 1.165) is 6.07 Å². The van der Waals surface area contributed by atoms with Gasteiger partial charge >= 0.3 is 0 Å². The van der Waals surface area contributed by atoms with Crippen LogP contribution in [0.3, 0.4) is 0 Å². The van der Waals surface area contributed by atoms with Crippen LogP contribution in [0.4, 0.5) is 4.39 Å². The molecule has 0 aliphatic heterocycles. The Labute approximate surface area is 68.2 Å². The van der Waals surface area contributed by atoms with Gasteiger partial charge in [0.1, 0.15) is 11.0 Å². The fourth-order valence-corrected chi connectivity index (χ4v) is 0.796. The Balaban J connectivity index is 3.01. The molecule has 0 spiro atoms. The molecule has 0 saturated carbocycles. The van der Waals surface area contributed by atoms with Crippen LogP contribution >= 0.6 is 11.6 Å². The third-order valence-electron chi connectivity index (χ3n) is 1.17. The van der Waals surface area contributed by atoms with Crippen LogP contribution in [0, 0.1) is 17.1 Å². The van der Waals surface area contributed by atoms with Crippen molar-refractivity contribution in [2.75, 3.05) is 0 Å². The van der Waals surface area contributed by atoms with Gasteiger partial charge in [0.2, 0.25) is 0 Å². The van der Waals surface area contributed by atoms with E-state index in [1.54, 1.807) is 0 Å². The second-order valence-corrected chi connectivity index (χ2v) is 2.32. The first-order valence-corrected chi connectivity index (χ1v) is 3.28. The van der Waals surface area contributed by atoms with Crippen molar-refractivity contribution in [2.24, 2.45) is 0 Å². The lowest BCUT2D eigenvalue weighted by Crippen LogP contribution is -1.89. The predicted molar refractivity (Wildman–Crippen MR) is 38.5 cm³/mol. The molecule has 1 aromatic rings. The Morgan fingerprint density at radius 3 is 3.00 bits per heavy atom. The van der Waals surface area contributed by atoms with Crippen LogP contribution in [0.1, 0.15) is 5.56 Å². The van der Waals surface area contributed by atoms with Gasteiger partial charge in [0.25, 0.3) is 0 Å². The molecule has 0 amide bonds. The molecule has 1 rings (SSSR count). The van der Waals surface area contributed by atoms with Gasteiger partial charge in [-0.1, -0.05) is 11.6 Å². The van der Waals surface area contributed by atoms with E-state index in [1.807, 2.05) is 6.07 Å². The van der Waals surface area contributed by atoms with Crippen LogP contribution in [0.2, 0.25) is 5.15 Å². The highest BCUT2D eigenvalue weighted by atomic mass is 35.5. The molecule has 11 heavy (non-hydrogen) atoms. The van der Waals surface area contributed by atoms with Gasteiger partial charge in [0.15, 0.2) is 0 Å². The third-order valence-corrected chi connectivity index (χ3v) is 1.37. The third kappa shape index (κ3) is 1.89. The van der Waals surface area contributed by atoms with E-state index < -0.39 is 5.82 Å². The number of rotatable bonds is 1. The molecule has 2 nitrogen and oxygen atoms in total. The molecule has 1 aromatic heterocycles. The Morgan fingerprint density at radius 1 is 1.73 bits per heavy atom. The normalized spacial score (nSPS) is 9.18. The SMILES string of the molecule is N#CCc1cnc(Cl)cc1F. The number of pyridine rings is 1. The zero-order valence-electron chi connectivity index (χ0n) is 5.51. The summed E-state index contributed by atoms with van der Waals surface area (Å²) < 4.78 is 12.8. The molecule has 0 bridgehead atoms. The summed E-state index contributed by atoms with van der Waals surface area (Å²) in [5, 5.41) is 8.34. The van der Waals surface area contributed by atoms with Gasteiger partial charge < -0.3 is 0 Å². The largest absolute Gasteiger partial charge is 0.244 e. The van der Waals surface area contributed by atoms with Crippen molar-refractivity contribution in [3.8, 4) is 6.07 Å². The number of halogens is 2. The van der Waals surface area contributed by atoms with Crippen LogP contribution in [0.25, 0.3) is 0 Å². The average Bonchev–Trinajstić information content (AvgIpc) is 1.95. The van der Waals surface area contributed by atoms with E-state index in [4.69, 9.17) is 16.9 Å². The zero-order chi connectivity index (χ0) is 8.27.